The van der Waals surface area contributed by atoms with Crippen LogP contribution in [0.3, 0.4) is 0 Å². The molecule has 1 aliphatic heterocycles. The number of likely N-dealkylation sites (tertiary alicyclic amines) is 1. The number of rotatable bonds is 6. The van der Waals surface area contributed by atoms with Gasteiger partial charge in [-0.1, -0.05) is 48.5 Å². The Balaban J connectivity index is 1.14. The molecule has 46 heavy (non-hydrogen) atoms. The summed E-state index contributed by atoms with van der Waals surface area (Å²) in [7, 11) is 3.40. The lowest BCUT2D eigenvalue weighted by molar-refractivity contribution is 0.0870. The van der Waals surface area contributed by atoms with Gasteiger partial charge in [-0.05, 0) is 72.7 Å². The number of ether oxygens (including phenoxy) is 2. The van der Waals surface area contributed by atoms with Crippen LogP contribution >= 0.6 is 0 Å². The normalized spacial score (nSPS) is 13.8. The van der Waals surface area contributed by atoms with Gasteiger partial charge in [0.15, 0.2) is 0 Å². The SMILES string of the molecule is COc1ncc(-c2ccc3ncc4c(c3c2)n(-c2ccc(C3CCN(C(=O)OCc5ccccc5)CC3)cc2)c(=O)n4C)cc1C. The Morgan fingerprint density at radius 2 is 1.67 bits per heavy atom. The van der Waals surface area contributed by atoms with Crippen molar-refractivity contribution in [2.24, 2.45) is 7.05 Å². The summed E-state index contributed by atoms with van der Waals surface area (Å²) in [5.41, 5.74) is 8.10. The minimum Gasteiger partial charge on any atom is -0.481 e. The first-order valence-corrected chi connectivity index (χ1v) is 15.5. The Morgan fingerprint density at radius 3 is 2.39 bits per heavy atom. The van der Waals surface area contributed by atoms with Gasteiger partial charge in [-0.15, -0.1) is 0 Å². The summed E-state index contributed by atoms with van der Waals surface area (Å²) in [6.45, 7) is 3.54. The van der Waals surface area contributed by atoms with Gasteiger partial charge in [0.25, 0.3) is 0 Å². The first-order valence-electron chi connectivity index (χ1n) is 15.5. The number of imidazole rings is 1. The minimum absolute atomic E-state index is 0.133. The van der Waals surface area contributed by atoms with Gasteiger partial charge >= 0.3 is 11.8 Å². The Bertz CT molecular complexity index is 2110. The van der Waals surface area contributed by atoms with E-state index in [0.29, 0.717) is 24.9 Å². The van der Waals surface area contributed by atoms with Crippen LogP contribution in [0.1, 0.15) is 35.4 Å². The van der Waals surface area contributed by atoms with Crippen LogP contribution < -0.4 is 10.4 Å². The summed E-state index contributed by atoms with van der Waals surface area (Å²) in [6, 6.07) is 26.1. The minimum atomic E-state index is -0.267. The zero-order chi connectivity index (χ0) is 31.8. The fraction of sp³-hybridized carbons (Fsp3) is 0.243. The number of benzene rings is 3. The van der Waals surface area contributed by atoms with Crippen LogP contribution in [0, 0.1) is 6.92 Å². The highest BCUT2D eigenvalue weighted by atomic mass is 16.6. The van der Waals surface area contributed by atoms with E-state index in [-0.39, 0.29) is 18.4 Å². The van der Waals surface area contributed by atoms with Crippen LogP contribution in [0.4, 0.5) is 4.79 Å². The number of piperidine rings is 1. The number of hydrogen-bond donors (Lipinski definition) is 0. The van der Waals surface area contributed by atoms with Crippen molar-refractivity contribution in [2.45, 2.75) is 32.3 Å². The Labute approximate surface area is 266 Å². The number of aromatic nitrogens is 4. The maximum Gasteiger partial charge on any atom is 0.410 e. The van der Waals surface area contributed by atoms with Crippen LogP contribution in [0.25, 0.3) is 38.8 Å². The third-order valence-electron chi connectivity index (χ3n) is 9.02. The van der Waals surface area contributed by atoms with Gasteiger partial charge in [0.2, 0.25) is 5.88 Å². The number of fused-ring (bicyclic) bond motifs is 3. The summed E-state index contributed by atoms with van der Waals surface area (Å²) >= 11 is 0. The molecule has 0 saturated carbocycles. The van der Waals surface area contributed by atoms with E-state index in [2.05, 4.69) is 34.2 Å². The van der Waals surface area contributed by atoms with Crippen molar-refractivity contribution in [3.05, 3.63) is 118 Å². The lowest BCUT2D eigenvalue weighted by Crippen LogP contribution is -2.38. The molecule has 7 rings (SSSR count). The molecule has 232 valence electrons. The van der Waals surface area contributed by atoms with Gasteiger partial charge in [-0.25, -0.2) is 14.6 Å². The second kappa shape index (κ2) is 12.2. The van der Waals surface area contributed by atoms with Crippen molar-refractivity contribution in [1.29, 1.82) is 0 Å². The molecule has 3 aromatic carbocycles. The summed E-state index contributed by atoms with van der Waals surface area (Å²) < 4.78 is 14.3. The number of hydrogen-bond acceptors (Lipinski definition) is 6. The largest absolute Gasteiger partial charge is 0.481 e. The fourth-order valence-electron chi connectivity index (χ4n) is 6.45. The third kappa shape index (κ3) is 5.38. The highest BCUT2D eigenvalue weighted by Crippen LogP contribution is 2.32. The number of amides is 1. The molecule has 0 radical (unpaired) electrons. The van der Waals surface area contributed by atoms with Gasteiger partial charge in [-0.2, -0.15) is 0 Å². The van der Waals surface area contributed by atoms with Crippen molar-refractivity contribution in [3.8, 4) is 22.7 Å². The van der Waals surface area contributed by atoms with Crippen LogP contribution in [-0.2, 0) is 18.4 Å². The number of methoxy groups -OCH3 is 1. The number of aryl methyl sites for hydroxylation is 2. The van der Waals surface area contributed by atoms with Crippen LogP contribution in [0.5, 0.6) is 5.88 Å². The van der Waals surface area contributed by atoms with E-state index < -0.39 is 0 Å². The molecule has 0 unspecified atom stereocenters. The van der Waals surface area contributed by atoms with E-state index in [1.807, 2.05) is 61.5 Å². The van der Waals surface area contributed by atoms with Gasteiger partial charge < -0.3 is 14.4 Å². The molecular weight excluding hydrogens is 578 g/mol. The fourth-order valence-corrected chi connectivity index (χ4v) is 6.45. The Kier molecular flexibility index (Phi) is 7.74. The molecule has 9 heteroatoms. The molecule has 1 fully saturated rings. The highest BCUT2D eigenvalue weighted by Gasteiger charge is 2.25. The topological polar surface area (TPSA) is 91.5 Å². The predicted octanol–water partition coefficient (Wildman–Crippen LogP) is 6.77. The van der Waals surface area contributed by atoms with E-state index >= 15 is 0 Å². The van der Waals surface area contributed by atoms with Crippen molar-refractivity contribution in [3.63, 3.8) is 0 Å². The van der Waals surface area contributed by atoms with Crippen LogP contribution in [0.15, 0.2) is 96.1 Å². The summed E-state index contributed by atoms with van der Waals surface area (Å²) in [5, 5.41) is 0.886. The molecule has 0 bridgehead atoms. The zero-order valence-corrected chi connectivity index (χ0v) is 26.1. The molecule has 1 saturated heterocycles. The Hall–Kier alpha value is -5.44. The molecular formula is C37H35N5O4. The van der Waals surface area contributed by atoms with Crippen molar-refractivity contribution in [1.82, 2.24) is 24.0 Å². The zero-order valence-electron chi connectivity index (χ0n) is 26.1. The number of carbonyl (C=O) groups is 1. The van der Waals surface area contributed by atoms with Crippen molar-refractivity contribution < 1.29 is 14.3 Å². The Morgan fingerprint density at radius 1 is 0.913 bits per heavy atom. The molecule has 0 spiro atoms. The van der Waals surface area contributed by atoms with Gasteiger partial charge in [0.1, 0.15) is 6.61 Å². The lowest BCUT2D eigenvalue weighted by atomic mass is 9.89. The quantitative estimate of drug-likeness (QED) is 0.206. The van der Waals surface area contributed by atoms with E-state index in [1.165, 1.54) is 5.56 Å². The first kappa shape index (κ1) is 29.3. The molecule has 0 aliphatic carbocycles. The van der Waals surface area contributed by atoms with Gasteiger partial charge in [0, 0.05) is 42.8 Å². The second-order valence-corrected chi connectivity index (χ2v) is 11.8. The van der Waals surface area contributed by atoms with E-state index in [0.717, 1.165) is 62.7 Å². The maximum atomic E-state index is 13.7. The molecule has 1 aliphatic rings. The lowest BCUT2D eigenvalue weighted by Gasteiger charge is -2.31. The van der Waals surface area contributed by atoms with Crippen molar-refractivity contribution >= 4 is 28.0 Å². The van der Waals surface area contributed by atoms with Gasteiger partial charge in [-0.3, -0.25) is 14.1 Å². The van der Waals surface area contributed by atoms with Crippen molar-refractivity contribution in [2.75, 3.05) is 20.2 Å². The summed E-state index contributed by atoms with van der Waals surface area (Å²) in [5.74, 6) is 0.923. The van der Waals surface area contributed by atoms with E-state index in [4.69, 9.17) is 9.47 Å². The average molecular weight is 614 g/mol. The third-order valence-corrected chi connectivity index (χ3v) is 9.02. The standard InChI is InChI=1S/C37H35N5O4/c1-24-19-29(21-39-35(24)45-3)28-11-14-32-31(20-28)34-33(22-38-32)40(2)36(43)42(34)30-12-9-26(10-13-30)27-15-17-41(18-16-27)37(44)46-23-25-7-5-4-6-8-25/h4-14,19-22,27H,15-18,23H2,1-3H3. The number of nitrogens with zero attached hydrogens (tertiary/aromatic N) is 5. The first-order chi connectivity index (χ1) is 22.4. The molecule has 9 nitrogen and oxygen atoms in total. The maximum absolute atomic E-state index is 13.7. The molecule has 3 aromatic heterocycles. The monoisotopic (exact) mass is 613 g/mol. The predicted molar refractivity (Wildman–Crippen MR) is 179 cm³/mol. The van der Waals surface area contributed by atoms with Crippen LogP contribution in [0.2, 0.25) is 0 Å². The summed E-state index contributed by atoms with van der Waals surface area (Å²) in [4.78, 5) is 37.2. The van der Waals surface area contributed by atoms with E-state index in [9.17, 15) is 9.59 Å². The van der Waals surface area contributed by atoms with E-state index in [1.54, 1.807) is 40.6 Å². The molecule has 6 aromatic rings. The number of pyridine rings is 2. The smallest absolute Gasteiger partial charge is 0.410 e. The van der Waals surface area contributed by atoms with Crippen LogP contribution in [-0.4, -0.2) is 50.3 Å². The average Bonchev–Trinajstić information content (AvgIpc) is 3.36. The molecule has 4 heterocycles. The highest BCUT2D eigenvalue weighted by molar-refractivity contribution is 6.04. The summed E-state index contributed by atoms with van der Waals surface area (Å²) in [6.07, 6.45) is 5.01. The molecule has 0 atom stereocenters. The second-order valence-electron chi connectivity index (χ2n) is 11.8. The molecule has 1 amide bonds. The number of carbonyl (C=O) groups excluding carboxylic acids is 1. The van der Waals surface area contributed by atoms with Gasteiger partial charge in [0.05, 0.1) is 35.5 Å². The molecule has 0 N–H and O–H groups in total.